The summed E-state index contributed by atoms with van der Waals surface area (Å²) in [6, 6.07) is 21.4. The van der Waals surface area contributed by atoms with Crippen molar-refractivity contribution < 1.29 is 4.79 Å². The molecule has 2 N–H and O–H groups in total. The van der Waals surface area contributed by atoms with Gasteiger partial charge in [0, 0.05) is 42.6 Å². The van der Waals surface area contributed by atoms with Crippen molar-refractivity contribution in [3.05, 3.63) is 102 Å². The van der Waals surface area contributed by atoms with Crippen molar-refractivity contribution in [3.63, 3.8) is 0 Å². The van der Waals surface area contributed by atoms with Gasteiger partial charge in [-0.1, -0.05) is 12.1 Å². The molecule has 1 saturated heterocycles. The number of carbonyl (C=O) groups is 1. The van der Waals surface area contributed by atoms with Gasteiger partial charge in [-0.25, -0.2) is 4.98 Å². The Morgan fingerprint density at radius 2 is 1.85 bits per heavy atom. The second-order valence-corrected chi connectivity index (χ2v) is 8.61. The fourth-order valence-electron chi connectivity index (χ4n) is 4.29. The number of hydrogen-bond donors (Lipinski definition) is 2. The Hall–Kier alpha value is -4.04. The van der Waals surface area contributed by atoms with Crippen LogP contribution < -0.4 is 15.5 Å². The molecule has 2 atom stereocenters. The molecule has 34 heavy (non-hydrogen) atoms. The number of pyridine rings is 2. The average Bonchev–Trinajstić information content (AvgIpc) is 3.45. The summed E-state index contributed by atoms with van der Waals surface area (Å²) in [6.07, 6.45) is 5.68. The van der Waals surface area contributed by atoms with Crippen LogP contribution in [0, 0.1) is 6.92 Å². The van der Waals surface area contributed by atoms with Crippen molar-refractivity contribution >= 4 is 34.6 Å². The Labute approximate surface area is 203 Å². The molecule has 3 aromatic heterocycles. The third-order valence-corrected chi connectivity index (χ3v) is 6.10. The summed E-state index contributed by atoms with van der Waals surface area (Å²) in [7, 11) is 0. The van der Waals surface area contributed by atoms with Gasteiger partial charge in [0.05, 0.1) is 11.7 Å². The number of rotatable bonds is 5. The van der Waals surface area contributed by atoms with Gasteiger partial charge in [-0.15, -0.1) is 0 Å². The number of hydrogen-bond acceptors (Lipinski definition) is 4. The molecule has 8 heteroatoms. The summed E-state index contributed by atoms with van der Waals surface area (Å²) in [5, 5.41) is 6.91. The van der Waals surface area contributed by atoms with Crippen LogP contribution in [0.25, 0.3) is 5.82 Å². The molecule has 1 aliphatic heterocycles. The average molecular weight is 469 g/mol. The summed E-state index contributed by atoms with van der Waals surface area (Å²) >= 11 is 5.82. The number of anilines is 2. The van der Waals surface area contributed by atoms with Crippen LogP contribution in [0.2, 0.25) is 0 Å². The summed E-state index contributed by atoms with van der Waals surface area (Å²) in [4.78, 5) is 22.8. The van der Waals surface area contributed by atoms with Crippen molar-refractivity contribution in [1.29, 1.82) is 0 Å². The summed E-state index contributed by atoms with van der Waals surface area (Å²) in [5.41, 5.74) is 4.69. The van der Waals surface area contributed by atoms with E-state index in [2.05, 4.69) is 42.2 Å². The van der Waals surface area contributed by atoms with Crippen LogP contribution in [0.5, 0.6) is 0 Å². The van der Waals surface area contributed by atoms with E-state index in [9.17, 15) is 4.79 Å². The quantitative estimate of drug-likeness (QED) is 0.413. The van der Waals surface area contributed by atoms with E-state index in [0.29, 0.717) is 5.11 Å². The molecule has 1 aromatic carbocycles. The number of amides is 1. The molecular formula is C26H24N6OS. The van der Waals surface area contributed by atoms with Gasteiger partial charge in [0.1, 0.15) is 11.9 Å². The van der Waals surface area contributed by atoms with Gasteiger partial charge in [-0.2, -0.15) is 0 Å². The van der Waals surface area contributed by atoms with Gasteiger partial charge >= 0.3 is 0 Å². The van der Waals surface area contributed by atoms with Crippen molar-refractivity contribution in [2.75, 3.05) is 10.2 Å². The first-order valence-electron chi connectivity index (χ1n) is 11.0. The standard InChI is InChI=1S/C26H24N6OS/c1-17-8-13-23(28-16-17)31-15-5-7-22(31)25-24(21-6-3-4-14-27-21)30-26(34)32(25)20-11-9-19(10-12-20)29-18(2)33/h3-16,24-25H,1-2H3,(H,29,33)(H,30,34)/t24-,25+/m1/s1. The predicted octanol–water partition coefficient (Wildman–Crippen LogP) is 4.71. The molecule has 1 aliphatic rings. The summed E-state index contributed by atoms with van der Waals surface area (Å²) in [5.74, 6) is 0.728. The van der Waals surface area contributed by atoms with Crippen molar-refractivity contribution in [2.45, 2.75) is 25.9 Å². The predicted molar refractivity (Wildman–Crippen MR) is 137 cm³/mol. The van der Waals surface area contributed by atoms with E-state index in [1.54, 1.807) is 6.20 Å². The minimum absolute atomic E-state index is 0.109. The van der Waals surface area contributed by atoms with E-state index >= 15 is 0 Å². The van der Waals surface area contributed by atoms with Crippen molar-refractivity contribution in [3.8, 4) is 5.82 Å². The van der Waals surface area contributed by atoms with Crippen LogP contribution in [0.4, 0.5) is 11.4 Å². The molecule has 170 valence electrons. The summed E-state index contributed by atoms with van der Waals surface area (Å²) < 4.78 is 2.09. The Kier molecular flexibility index (Phi) is 5.81. The molecule has 0 aliphatic carbocycles. The maximum absolute atomic E-state index is 11.4. The zero-order valence-electron chi connectivity index (χ0n) is 18.8. The van der Waals surface area contributed by atoms with Gasteiger partial charge in [0.25, 0.3) is 0 Å². The molecule has 0 spiro atoms. The van der Waals surface area contributed by atoms with Crippen molar-refractivity contribution in [1.82, 2.24) is 19.9 Å². The Morgan fingerprint density at radius 3 is 2.53 bits per heavy atom. The number of carbonyl (C=O) groups excluding carboxylic acids is 1. The van der Waals surface area contributed by atoms with E-state index in [0.717, 1.165) is 34.1 Å². The molecule has 5 rings (SSSR count). The maximum atomic E-state index is 11.4. The lowest BCUT2D eigenvalue weighted by Gasteiger charge is -2.29. The number of thiocarbonyl (C=S) groups is 1. The fraction of sp³-hybridized carbons (Fsp3) is 0.154. The molecule has 0 unspecified atom stereocenters. The minimum Gasteiger partial charge on any atom is -0.351 e. The van der Waals surface area contributed by atoms with Gasteiger partial charge in [-0.05, 0) is 79.3 Å². The topological polar surface area (TPSA) is 75.1 Å². The molecule has 1 amide bonds. The highest BCUT2D eigenvalue weighted by Crippen LogP contribution is 2.42. The first-order chi connectivity index (χ1) is 16.5. The van der Waals surface area contributed by atoms with Gasteiger partial charge in [-0.3, -0.25) is 9.78 Å². The second kappa shape index (κ2) is 9.07. The van der Waals surface area contributed by atoms with E-state index in [1.807, 2.05) is 73.9 Å². The van der Waals surface area contributed by atoms with Crippen LogP contribution in [0.1, 0.15) is 36.0 Å². The lowest BCUT2D eigenvalue weighted by atomic mass is 10.0. The lowest BCUT2D eigenvalue weighted by molar-refractivity contribution is -0.114. The van der Waals surface area contributed by atoms with E-state index in [1.165, 1.54) is 6.92 Å². The summed E-state index contributed by atoms with van der Waals surface area (Å²) in [6.45, 7) is 3.52. The van der Waals surface area contributed by atoms with Gasteiger partial charge < -0.3 is 20.1 Å². The molecule has 0 bridgehead atoms. The molecule has 7 nitrogen and oxygen atoms in total. The Balaban J connectivity index is 1.61. The third-order valence-electron chi connectivity index (χ3n) is 5.79. The van der Waals surface area contributed by atoms with Crippen molar-refractivity contribution in [2.24, 2.45) is 0 Å². The fourth-order valence-corrected chi connectivity index (χ4v) is 4.63. The number of aromatic nitrogens is 3. The number of aryl methyl sites for hydroxylation is 1. The highest BCUT2D eigenvalue weighted by atomic mass is 32.1. The lowest BCUT2D eigenvalue weighted by Crippen LogP contribution is -2.30. The molecular weight excluding hydrogens is 444 g/mol. The van der Waals surface area contributed by atoms with Gasteiger partial charge in [0.15, 0.2) is 5.11 Å². The Bertz CT molecular complexity index is 1320. The van der Waals surface area contributed by atoms with Gasteiger partial charge in [0.2, 0.25) is 5.91 Å². The largest absolute Gasteiger partial charge is 0.351 e. The first-order valence-corrected chi connectivity index (χ1v) is 11.4. The molecule has 1 fully saturated rings. The van der Waals surface area contributed by atoms with E-state index < -0.39 is 0 Å². The number of benzene rings is 1. The highest BCUT2D eigenvalue weighted by Gasteiger charge is 2.42. The maximum Gasteiger partial charge on any atom is 0.221 e. The molecule has 4 aromatic rings. The van der Waals surface area contributed by atoms with Crippen LogP contribution in [0.3, 0.4) is 0 Å². The third kappa shape index (κ3) is 4.15. The van der Waals surface area contributed by atoms with Crippen LogP contribution in [-0.4, -0.2) is 25.6 Å². The van der Waals surface area contributed by atoms with Crippen LogP contribution in [0.15, 0.2) is 85.3 Å². The molecule has 0 radical (unpaired) electrons. The normalized spacial score (nSPS) is 17.5. The second-order valence-electron chi connectivity index (χ2n) is 8.22. The monoisotopic (exact) mass is 468 g/mol. The van der Waals surface area contributed by atoms with E-state index in [-0.39, 0.29) is 18.0 Å². The smallest absolute Gasteiger partial charge is 0.221 e. The zero-order valence-corrected chi connectivity index (χ0v) is 19.7. The van der Waals surface area contributed by atoms with Crippen LogP contribution >= 0.6 is 12.2 Å². The number of nitrogens with zero attached hydrogens (tertiary/aromatic N) is 4. The SMILES string of the molecule is CC(=O)Nc1ccc(N2C(=S)N[C@H](c3ccccn3)[C@@H]2c2cccn2-c2ccc(C)cn2)cc1. The van der Waals surface area contributed by atoms with E-state index in [4.69, 9.17) is 12.2 Å². The highest BCUT2D eigenvalue weighted by molar-refractivity contribution is 7.80. The Morgan fingerprint density at radius 1 is 1.03 bits per heavy atom. The van der Waals surface area contributed by atoms with Crippen LogP contribution in [-0.2, 0) is 4.79 Å². The number of nitrogens with one attached hydrogen (secondary N) is 2. The first kappa shape index (κ1) is 21.8. The molecule has 0 saturated carbocycles. The zero-order chi connectivity index (χ0) is 23.7. The minimum atomic E-state index is -0.174. The molecule has 4 heterocycles.